The average molecular weight is 384 g/mol. The van der Waals surface area contributed by atoms with Crippen molar-refractivity contribution in [2.45, 2.75) is 6.18 Å². The van der Waals surface area contributed by atoms with Gasteiger partial charge in [-0.2, -0.15) is 18.3 Å². The van der Waals surface area contributed by atoms with Gasteiger partial charge < -0.3 is 5.11 Å². The highest BCUT2D eigenvalue weighted by molar-refractivity contribution is 7.13. The summed E-state index contributed by atoms with van der Waals surface area (Å²) < 4.78 is 31.7. The molecule has 3 aromatic rings. The molecule has 136 valence electrons. The predicted molar refractivity (Wildman–Crippen MR) is 87.8 cm³/mol. The Bertz CT molecular complexity index is 864. The fourth-order valence-corrected chi connectivity index (χ4v) is 2.17. The van der Waals surface area contributed by atoms with E-state index < -0.39 is 12.1 Å². The van der Waals surface area contributed by atoms with Crippen molar-refractivity contribution in [1.82, 2.24) is 15.2 Å². The van der Waals surface area contributed by atoms with E-state index in [1.807, 2.05) is 30.3 Å². The molecular formula is C15H11F3N4O3S. The summed E-state index contributed by atoms with van der Waals surface area (Å²) in [6.07, 6.45) is -3.44. The number of benzene rings is 1. The number of halogens is 3. The van der Waals surface area contributed by atoms with Gasteiger partial charge in [0.2, 0.25) is 0 Å². The van der Waals surface area contributed by atoms with Crippen LogP contribution in [-0.4, -0.2) is 38.3 Å². The first-order chi connectivity index (χ1) is 12.3. The van der Waals surface area contributed by atoms with Gasteiger partial charge in [0, 0.05) is 17.1 Å². The summed E-state index contributed by atoms with van der Waals surface area (Å²) in [5.41, 5.74) is 2.12. The zero-order valence-corrected chi connectivity index (χ0v) is 13.6. The second-order valence-electron chi connectivity index (χ2n) is 4.63. The topological polar surface area (TPSA) is 108 Å². The minimum Gasteiger partial charge on any atom is -0.475 e. The second-order valence-corrected chi connectivity index (χ2v) is 5.52. The third-order valence-corrected chi connectivity index (χ3v) is 3.48. The molecule has 11 heteroatoms. The Kier molecular flexibility index (Phi) is 6.07. The van der Waals surface area contributed by atoms with Crippen LogP contribution in [0.3, 0.4) is 0 Å². The number of rotatable bonds is 3. The Morgan fingerprint density at radius 2 is 1.85 bits per heavy atom. The number of hydrogen-bond donors (Lipinski definition) is 3. The number of anilines is 1. The van der Waals surface area contributed by atoms with Gasteiger partial charge in [-0.3, -0.25) is 15.2 Å². The summed E-state index contributed by atoms with van der Waals surface area (Å²) in [4.78, 5) is 24.8. The lowest BCUT2D eigenvalue weighted by Crippen LogP contribution is -2.21. The smallest absolute Gasteiger partial charge is 0.475 e. The maximum Gasteiger partial charge on any atom is 0.490 e. The van der Waals surface area contributed by atoms with Crippen molar-refractivity contribution < 1.29 is 27.9 Å². The Labute approximate surface area is 148 Å². The minimum absolute atomic E-state index is 0.246. The zero-order valence-electron chi connectivity index (χ0n) is 12.8. The van der Waals surface area contributed by atoms with Crippen molar-refractivity contribution in [3.8, 4) is 11.3 Å². The lowest BCUT2D eigenvalue weighted by atomic mass is 10.1. The maximum absolute atomic E-state index is 11.9. The molecule has 0 aliphatic rings. The molecule has 0 spiro atoms. The molecule has 0 saturated carbocycles. The molecule has 0 saturated heterocycles. The number of carboxylic acid groups (broad SMARTS) is 1. The molecule has 3 N–H and O–H groups in total. The highest BCUT2D eigenvalue weighted by Gasteiger charge is 2.38. The number of amides is 1. The van der Waals surface area contributed by atoms with Gasteiger partial charge in [-0.15, -0.1) is 11.3 Å². The number of carbonyl (C=O) groups is 2. The van der Waals surface area contributed by atoms with Crippen molar-refractivity contribution in [3.05, 3.63) is 53.7 Å². The van der Waals surface area contributed by atoms with Gasteiger partial charge in [-0.1, -0.05) is 30.3 Å². The van der Waals surface area contributed by atoms with Gasteiger partial charge in [0.1, 0.15) is 5.69 Å². The molecule has 0 radical (unpaired) electrons. The van der Waals surface area contributed by atoms with Crippen molar-refractivity contribution in [2.24, 2.45) is 0 Å². The quantitative estimate of drug-likeness (QED) is 0.641. The number of nitrogens with zero attached hydrogens (tertiary/aromatic N) is 2. The number of nitrogens with one attached hydrogen (secondary N) is 2. The summed E-state index contributed by atoms with van der Waals surface area (Å²) in [6, 6.07) is 11.4. The van der Waals surface area contributed by atoms with E-state index in [2.05, 4.69) is 20.5 Å². The van der Waals surface area contributed by atoms with E-state index in [1.54, 1.807) is 17.6 Å². The van der Waals surface area contributed by atoms with E-state index >= 15 is 0 Å². The third kappa shape index (κ3) is 5.41. The maximum atomic E-state index is 11.9. The molecule has 1 amide bonds. The van der Waals surface area contributed by atoms with Crippen LogP contribution in [0.5, 0.6) is 0 Å². The van der Waals surface area contributed by atoms with Gasteiger partial charge >= 0.3 is 12.1 Å². The van der Waals surface area contributed by atoms with Gasteiger partial charge in [0.05, 0.1) is 5.69 Å². The van der Waals surface area contributed by atoms with E-state index in [0.29, 0.717) is 10.8 Å². The number of thiazole rings is 1. The monoisotopic (exact) mass is 384 g/mol. The van der Waals surface area contributed by atoms with Crippen molar-refractivity contribution in [1.29, 1.82) is 0 Å². The number of aromatic nitrogens is 3. The summed E-state index contributed by atoms with van der Waals surface area (Å²) in [5, 5.41) is 19.1. The molecule has 2 heterocycles. The number of aromatic amines is 1. The molecule has 0 aliphatic carbocycles. The Balaban J connectivity index is 0.000000298. The van der Waals surface area contributed by atoms with E-state index in [0.717, 1.165) is 11.3 Å². The van der Waals surface area contributed by atoms with Crippen LogP contribution in [0, 0.1) is 0 Å². The van der Waals surface area contributed by atoms with Gasteiger partial charge in [0.15, 0.2) is 5.13 Å². The Morgan fingerprint density at radius 1 is 1.19 bits per heavy atom. The number of hydrogen-bond acceptors (Lipinski definition) is 5. The normalized spacial score (nSPS) is 10.6. The SMILES string of the molecule is O=C(Nc1nccs1)c1cc(-c2ccccc2)n[nH]1.O=C(O)C(F)(F)F. The van der Waals surface area contributed by atoms with Gasteiger partial charge in [-0.25, -0.2) is 9.78 Å². The Hall–Kier alpha value is -3.21. The van der Waals surface area contributed by atoms with Crippen LogP contribution in [0.25, 0.3) is 11.3 Å². The summed E-state index contributed by atoms with van der Waals surface area (Å²) >= 11 is 1.37. The van der Waals surface area contributed by atoms with Crippen LogP contribution in [0.15, 0.2) is 48.0 Å². The fraction of sp³-hybridized carbons (Fsp3) is 0.0667. The van der Waals surface area contributed by atoms with E-state index in [1.165, 1.54) is 11.3 Å². The molecule has 0 aliphatic heterocycles. The molecule has 0 bridgehead atoms. The largest absolute Gasteiger partial charge is 0.490 e. The highest BCUT2D eigenvalue weighted by atomic mass is 32.1. The molecular weight excluding hydrogens is 373 g/mol. The summed E-state index contributed by atoms with van der Waals surface area (Å²) in [6.45, 7) is 0. The second kappa shape index (κ2) is 8.25. The van der Waals surface area contributed by atoms with Crippen molar-refractivity contribution in [3.63, 3.8) is 0 Å². The number of carbonyl (C=O) groups excluding carboxylic acids is 1. The molecule has 1 aromatic carbocycles. The number of carboxylic acids is 1. The number of H-pyrrole nitrogens is 1. The highest BCUT2D eigenvalue weighted by Crippen LogP contribution is 2.18. The third-order valence-electron chi connectivity index (χ3n) is 2.79. The van der Waals surface area contributed by atoms with Crippen LogP contribution in [0.2, 0.25) is 0 Å². The standard InChI is InChI=1S/C13H10N4OS.C2HF3O2/c18-12(15-13-14-6-7-19-13)11-8-10(16-17-11)9-4-2-1-3-5-9;3-2(4,5)1(6)7/h1-8H,(H,16,17)(H,14,15,18);(H,6,7). The van der Waals surface area contributed by atoms with E-state index in [9.17, 15) is 18.0 Å². The number of alkyl halides is 3. The first-order valence-corrected chi connectivity index (χ1v) is 7.77. The lowest BCUT2D eigenvalue weighted by molar-refractivity contribution is -0.192. The number of aliphatic carboxylic acids is 1. The van der Waals surface area contributed by atoms with Crippen LogP contribution in [-0.2, 0) is 4.79 Å². The minimum atomic E-state index is -5.08. The van der Waals surface area contributed by atoms with Crippen LogP contribution in [0.1, 0.15) is 10.5 Å². The molecule has 0 unspecified atom stereocenters. The Morgan fingerprint density at radius 3 is 2.38 bits per heavy atom. The lowest BCUT2D eigenvalue weighted by Gasteiger charge is -1.97. The first kappa shape index (κ1) is 19.1. The molecule has 26 heavy (non-hydrogen) atoms. The molecule has 2 aromatic heterocycles. The predicted octanol–water partition coefficient (Wildman–Crippen LogP) is 3.42. The fourth-order valence-electron chi connectivity index (χ4n) is 1.64. The van der Waals surface area contributed by atoms with E-state index in [4.69, 9.17) is 9.90 Å². The molecule has 7 nitrogen and oxygen atoms in total. The van der Waals surface area contributed by atoms with Crippen LogP contribution < -0.4 is 5.32 Å². The molecule has 0 fully saturated rings. The van der Waals surface area contributed by atoms with Crippen LogP contribution in [0.4, 0.5) is 18.3 Å². The van der Waals surface area contributed by atoms with Crippen molar-refractivity contribution >= 4 is 28.3 Å². The molecule has 3 rings (SSSR count). The van der Waals surface area contributed by atoms with Gasteiger partial charge in [-0.05, 0) is 6.07 Å². The molecule has 0 atom stereocenters. The van der Waals surface area contributed by atoms with Crippen LogP contribution >= 0.6 is 11.3 Å². The summed E-state index contributed by atoms with van der Waals surface area (Å²) in [7, 11) is 0. The van der Waals surface area contributed by atoms with Crippen molar-refractivity contribution in [2.75, 3.05) is 5.32 Å². The van der Waals surface area contributed by atoms with E-state index in [-0.39, 0.29) is 5.91 Å². The average Bonchev–Trinajstić information content (AvgIpc) is 3.27. The zero-order chi connectivity index (χ0) is 19.2. The first-order valence-electron chi connectivity index (χ1n) is 6.89. The summed E-state index contributed by atoms with van der Waals surface area (Å²) in [5.74, 6) is -3.00. The van der Waals surface area contributed by atoms with Gasteiger partial charge in [0.25, 0.3) is 5.91 Å².